The Bertz CT molecular complexity index is 576. The Morgan fingerprint density at radius 3 is 2.52 bits per heavy atom. The first-order chi connectivity index (χ1) is 10.3. The fourth-order valence-electron chi connectivity index (χ4n) is 3.80. The maximum Gasteiger partial charge on any atom is -0.00814 e. The van der Waals surface area contributed by atoms with Crippen LogP contribution in [-0.4, -0.2) is 5.16 Å². The quantitative estimate of drug-likeness (QED) is 0.591. The van der Waals surface area contributed by atoms with Gasteiger partial charge < -0.3 is 0 Å². The zero-order valence-electron chi connectivity index (χ0n) is 13.2. The number of hydrogen-bond acceptors (Lipinski definition) is 0. The molecule has 1 aliphatic rings. The lowest BCUT2D eigenvalue weighted by Gasteiger charge is -2.38. The minimum absolute atomic E-state index is 0.610. The first-order valence-corrected chi connectivity index (χ1v) is 9.59. The average Bonchev–Trinajstić information content (AvgIpc) is 2.54. The predicted molar refractivity (Wildman–Crippen MR) is 97.2 cm³/mol. The van der Waals surface area contributed by atoms with Crippen LogP contribution < -0.4 is 5.30 Å². The van der Waals surface area contributed by atoms with Crippen LogP contribution in [0.5, 0.6) is 0 Å². The standard InChI is InChI=1S/C20H27P/c1-2-3-14-20(15-7-4-8-16-20)21-19-13-9-11-17-10-5-6-12-18(17)19/h5-6,9-13,21H,2-4,7-8,14-16H2,1H3. The molecule has 0 spiro atoms. The average molecular weight is 298 g/mol. The topological polar surface area (TPSA) is 0 Å². The van der Waals surface area contributed by atoms with Gasteiger partial charge in [-0.3, -0.25) is 0 Å². The number of rotatable bonds is 5. The van der Waals surface area contributed by atoms with Gasteiger partial charge in [0.1, 0.15) is 0 Å². The van der Waals surface area contributed by atoms with Gasteiger partial charge in [-0.15, -0.1) is 0 Å². The van der Waals surface area contributed by atoms with Crippen LogP contribution in [0.4, 0.5) is 0 Å². The molecule has 0 aromatic heterocycles. The van der Waals surface area contributed by atoms with Crippen LogP contribution in [0.15, 0.2) is 42.5 Å². The summed E-state index contributed by atoms with van der Waals surface area (Å²) < 4.78 is 0. The molecule has 3 rings (SSSR count). The van der Waals surface area contributed by atoms with Crippen LogP contribution in [0.1, 0.15) is 58.3 Å². The summed E-state index contributed by atoms with van der Waals surface area (Å²) in [6.07, 6.45) is 11.4. The third kappa shape index (κ3) is 3.49. The van der Waals surface area contributed by atoms with E-state index in [-0.39, 0.29) is 0 Å². The highest BCUT2D eigenvalue weighted by atomic mass is 31.1. The third-order valence-corrected chi connectivity index (χ3v) is 6.99. The molecule has 21 heavy (non-hydrogen) atoms. The molecule has 0 aliphatic heterocycles. The van der Waals surface area contributed by atoms with E-state index in [4.69, 9.17) is 0 Å². The molecule has 0 nitrogen and oxygen atoms in total. The van der Waals surface area contributed by atoms with E-state index >= 15 is 0 Å². The summed E-state index contributed by atoms with van der Waals surface area (Å²) in [5, 5.41) is 5.10. The summed E-state index contributed by atoms with van der Waals surface area (Å²) in [7, 11) is 0.988. The van der Waals surface area contributed by atoms with Crippen molar-refractivity contribution in [1.29, 1.82) is 0 Å². The molecule has 1 atom stereocenters. The molecule has 0 amide bonds. The predicted octanol–water partition coefficient (Wildman–Crippen LogP) is 6.04. The van der Waals surface area contributed by atoms with Gasteiger partial charge in [0.25, 0.3) is 0 Å². The molecule has 0 bridgehead atoms. The van der Waals surface area contributed by atoms with Crippen molar-refractivity contribution in [2.75, 3.05) is 0 Å². The highest BCUT2D eigenvalue weighted by Crippen LogP contribution is 2.47. The van der Waals surface area contributed by atoms with E-state index in [1.54, 1.807) is 5.30 Å². The van der Waals surface area contributed by atoms with Gasteiger partial charge in [0, 0.05) is 0 Å². The van der Waals surface area contributed by atoms with Crippen LogP contribution in [-0.2, 0) is 0 Å². The molecule has 0 heterocycles. The van der Waals surface area contributed by atoms with Gasteiger partial charge in [-0.05, 0) is 40.5 Å². The monoisotopic (exact) mass is 298 g/mol. The third-order valence-electron chi connectivity index (χ3n) is 5.01. The summed E-state index contributed by atoms with van der Waals surface area (Å²) in [5.74, 6) is 0. The van der Waals surface area contributed by atoms with E-state index in [0.717, 1.165) is 8.58 Å². The molecular formula is C20H27P. The molecule has 0 saturated heterocycles. The molecule has 1 saturated carbocycles. The Balaban J connectivity index is 1.90. The van der Waals surface area contributed by atoms with Crippen LogP contribution in [0.2, 0.25) is 0 Å². The van der Waals surface area contributed by atoms with Gasteiger partial charge in [-0.2, -0.15) is 0 Å². The summed E-state index contributed by atoms with van der Waals surface area (Å²) in [5.41, 5.74) is 0. The largest absolute Gasteiger partial charge is 0.0833 e. The number of hydrogen-bond donors (Lipinski definition) is 0. The van der Waals surface area contributed by atoms with Crippen molar-refractivity contribution in [2.24, 2.45) is 0 Å². The van der Waals surface area contributed by atoms with Crippen molar-refractivity contribution in [3.8, 4) is 0 Å². The van der Waals surface area contributed by atoms with Gasteiger partial charge >= 0.3 is 0 Å². The maximum absolute atomic E-state index is 2.38. The fourth-order valence-corrected chi connectivity index (χ4v) is 5.82. The minimum Gasteiger partial charge on any atom is -0.0833 e. The molecule has 1 heteroatoms. The van der Waals surface area contributed by atoms with Crippen molar-refractivity contribution >= 4 is 24.7 Å². The molecule has 1 aliphatic carbocycles. The smallest absolute Gasteiger partial charge is 0.00814 e. The van der Waals surface area contributed by atoms with Gasteiger partial charge in [-0.25, -0.2) is 0 Å². The lowest BCUT2D eigenvalue weighted by molar-refractivity contribution is 0.367. The van der Waals surface area contributed by atoms with Crippen LogP contribution in [0.3, 0.4) is 0 Å². The van der Waals surface area contributed by atoms with Crippen molar-refractivity contribution in [2.45, 2.75) is 63.4 Å². The zero-order valence-corrected chi connectivity index (χ0v) is 14.2. The molecular weight excluding hydrogens is 271 g/mol. The molecule has 0 radical (unpaired) electrons. The van der Waals surface area contributed by atoms with Gasteiger partial charge in [0.15, 0.2) is 0 Å². The van der Waals surface area contributed by atoms with E-state index in [1.165, 1.54) is 62.1 Å². The second kappa shape index (κ2) is 6.93. The molecule has 2 aromatic rings. The maximum atomic E-state index is 2.38. The zero-order chi connectivity index (χ0) is 14.5. The Kier molecular flexibility index (Phi) is 4.96. The molecule has 0 N–H and O–H groups in total. The molecule has 1 fully saturated rings. The Hall–Kier alpha value is -0.870. The second-order valence-electron chi connectivity index (χ2n) is 6.60. The molecule has 1 unspecified atom stereocenters. The van der Waals surface area contributed by atoms with Crippen LogP contribution >= 0.6 is 8.58 Å². The van der Waals surface area contributed by atoms with Gasteiger partial charge in [0.2, 0.25) is 0 Å². The van der Waals surface area contributed by atoms with Crippen LogP contribution in [0, 0.1) is 0 Å². The van der Waals surface area contributed by atoms with E-state index in [1.807, 2.05) is 0 Å². The Morgan fingerprint density at radius 1 is 0.952 bits per heavy atom. The summed E-state index contributed by atoms with van der Waals surface area (Å²) in [6.45, 7) is 2.33. The van der Waals surface area contributed by atoms with Crippen molar-refractivity contribution in [3.05, 3.63) is 42.5 Å². The van der Waals surface area contributed by atoms with Crippen molar-refractivity contribution in [1.82, 2.24) is 0 Å². The first-order valence-electron chi connectivity index (χ1n) is 8.59. The van der Waals surface area contributed by atoms with E-state index in [2.05, 4.69) is 49.4 Å². The van der Waals surface area contributed by atoms with Gasteiger partial charge in [-0.1, -0.05) is 90.1 Å². The Morgan fingerprint density at radius 2 is 1.71 bits per heavy atom. The van der Waals surface area contributed by atoms with Gasteiger partial charge in [0.05, 0.1) is 0 Å². The normalized spacial score (nSPS) is 18.5. The summed E-state index contributed by atoms with van der Waals surface area (Å²) in [4.78, 5) is 0. The second-order valence-corrected chi connectivity index (χ2v) is 8.45. The van der Waals surface area contributed by atoms with E-state index in [9.17, 15) is 0 Å². The summed E-state index contributed by atoms with van der Waals surface area (Å²) in [6, 6.07) is 15.8. The molecule has 112 valence electrons. The highest BCUT2D eigenvalue weighted by Gasteiger charge is 2.31. The molecule has 2 aromatic carbocycles. The first kappa shape index (κ1) is 15.0. The fraction of sp³-hybridized carbons (Fsp3) is 0.500. The SMILES string of the molecule is CCCCC1(Pc2cccc3ccccc23)CCCCC1. The lowest BCUT2D eigenvalue weighted by Crippen LogP contribution is -2.28. The Labute approximate surface area is 131 Å². The van der Waals surface area contributed by atoms with Crippen molar-refractivity contribution < 1.29 is 0 Å². The van der Waals surface area contributed by atoms with Crippen LogP contribution in [0.25, 0.3) is 10.8 Å². The van der Waals surface area contributed by atoms with E-state index < -0.39 is 0 Å². The lowest BCUT2D eigenvalue weighted by atomic mass is 9.84. The minimum atomic E-state index is 0.610. The number of unbranched alkanes of at least 4 members (excludes halogenated alkanes) is 1. The summed E-state index contributed by atoms with van der Waals surface area (Å²) >= 11 is 0. The van der Waals surface area contributed by atoms with E-state index in [0.29, 0.717) is 5.16 Å². The number of benzene rings is 2. The number of fused-ring (bicyclic) bond motifs is 1. The highest BCUT2D eigenvalue weighted by molar-refractivity contribution is 7.49. The van der Waals surface area contributed by atoms with Crippen molar-refractivity contribution in [3.63, 3.8) is 0 Å².